The average Bonchev–Trinajstić information content (AvgIpc) is 2.60. The van der Waals surface area contributed by atoms with Gasteiger partial charge in [-0.25, -0.2) is 0 Å². The van der Waals surface area contributed by atoms with Crippen LogP contribution in [0.3, 0.4) is 0 Å². The van der Waals surface area contributed by atoms with Gasteiger partial charge in [0.15, 0.2) is 5.78 Å². The Morgan fingerprint density at radius 2 is 1.68 bits per heavy atom. The summed E-state index contributed by atoms with van der Waals surface area (Å²) in [5.74, 6) is -0.660. The lowest BCUT2D eigenvalue weighted by molar-refractivity contribution is -0.133. The highest BCUT2D eigenvalue weighted by Gasteiger charge is 2.14. The van der Waals surface area contributed by atoms with Gasteiger partial charge in [0.1, 0.15) is 6.42 Å². The first-order valence-electron chi connectivity index (χ1n) is 7.99. The Bertz CT molecular complexity index is 742. The molecule has 1 aromatic carbocycles. The number of ketones is 1. The number of carbonyl (C=O) groups is 3. The van der Waals surface area contributed by atoms with Gasteiger partial charge in [-0.15, -0.1) is 0 Å². The fourth-order valence-electron chi connectivity index (χ4n) is 2.24. The lowest BCUT2D eigenvalue weighted by Gasteiger charge is -2.17. The van der Waals surface area contributed by atoms with Crippen LogP contribution < -0.4 is 5.32 Å². The molecule has 2 aromatic rings. The number of nitrogens with zero attached hydrogens (tertiary/aromatic N) is 2. The molecule has 25 heavy (non-hydrogen) atoms. The summed E-state index contributed by atoms with van der Waals surface area (Å²) in [6, 6.07) is 10.4. The molecular weight excluding hydrogens is 318 g/mol. The molecule has 130 valence electrons. The lowest BCUT2D eigenvalue weighted by atomic mass is 10.1. The highest BCUT2D eigenvalue weighted by Crippen LogP contribution is 2.10. The zero-order valence-corrected chi connectivity index (χ0v) is 14.4. The number of anilines is 1. The summed E-state index contributed by atoms with van der Waals surface area (Å²) in [5, 5.41) is 2.66. The zero-order chi connectivity index (χ0) is 18.2. The second-order valence-electron chi connectivity index (χ2n) is 5.78. The second kappa shape index (κ2) is 8.73. The highest BCUT2D eigenvalue weighted by atomic mass is 16.2. The van der Waals surface area contributed by atoms with Crippen molar-refractivity contribution in [3.63, 3.8) is 0 Å². The molecule has 0 aliphatic carbocycles. The Hall–Kier alpha value is -3.02. The molecule has 0 unspecified atom stereocenters. The number of carbonyl (C=O) groups excluding carboxylic acids is 3. The molecule has 0 aliphatic heterocycles. The van der Waals surface area contributed by atoms with Gasteiger partial charge in [0.2, 0.25) is 11.8 Å². The minimum atomic E-state index is -0.378. The van der Waals surface area contributed by atoms with Crippen molar-refractivity contribution >= 4 is 23.3 Å². The maximum Gasteiger partial charge on any atom is 0.233 e. The van der Waals surface area contributed by atoms with Crippen molar-refractivity contribution in [3.8, 4) is 0 Å². The second-order valence-corrected chi connectivity index (χ2v) is 5.78. The van der Waals surface area contributed by atoms with Crippen LogP contribution in [0.2, 0.25) is 0 Å². The molecule has 0 fully saturated rings. The van der Waals surface area contributed by atoms with E-state index in [0.717, 1.165) is 5.56 Å². The van der Waals surface area contributed by atoms with Crippen molar-refractivity contribution in [2.75, 3.05) is 18.9 Å². The van der Waals surface area contributed by atoms with Gasteiger partial charge in [-0.2, -0.15) is 0 Å². The fraction of sp³-hybridized carbons (Fsp3) is 0.263. The van der Waals surface area contributed by atoms with E-state index in [4.69, 9.17) is 0 Å². The molecule has 0 bridgehead atoms. The lowest BCUT2D eigenvalue weighted by Crippen LogP contribution is -2.32. The van der Waals surface area contributed by atoms with E-state index in [1.165, 1.54) is 6.92 Å². The standard InChI is InChI=1S/C19H21N3O3/c1-14(23)16-3-5-17(6-4-16)21-18(24)13-19(25)22(2)12-9-15-7-10-20-11-8-15/h3-8,10-11H,9,12-13H2,1-2H3,(H,21,24). The first kappa shape index (κ1) is 18.3. The topological polar surface area (TPSA) is 79.4 Å². The first-order chi connectivity index (χ1) is 12.0. The zero-order valence-electron chi connectivity index (χ0n) is 14.4. The maximum atomic E-state index is 12.1. The fourth-order valence-corrected chi connectivity index (χ4v) is 2.24. The number of amides is 2. The molecule has 1 heterocycles. The normalized spacial score (nSPS) is 10.2. The Morgan fingerprint density at radius 1 is 1.04 bits per heavy atom. The average molecular weight is 339 g/mol. The number of aromatic nitrogens is 1. The molecule has 2 amide bonds. The van der Waals surface area contributed by atoms with E-state index >= 15 is 0 Å². The number of hydrogen-bond acceptors (Lipinski definition) is 4. The number of Topliss-reactive ketones (excluding diaryl/α,β-unsaturated/α-hetero) is 1. The Morgan fingerprint density at radius 3 is 2.28 bits per heavy atom. The number of pyridine rings is 1. The monoisotopic (exact) mass is 339 g/mol. The molecule has 0 saturated heterocycles. The highest BCUT2D eigenvalue weighted by molar-refractivity contribution is 6.03. The SMILES string of the molecule is CC(=O)c1ccc(NC(=O)CC(=O)N(C)CCc2ccncc2)cc1. The summed E-state index contributed by atoms with van der Waals surface area (Å²) < 4.78 is 0. The third kappa shape index (κ3) is 5.84. The van der Waals surface area contributed by atoms with Crippen LogP contribution in [0, 0.1) is 0 Å². The van der Waals surface area contributed by atoms with Crippen molar-refractivity contribution in [2.24, 2.45) is 0 Å². The van der Waals surface area contributed by atoms with E-state index in [0.29, 0.717) is 24.2 Å². The molecule has 0 radical (unpaired) electrons. The summed E-state index contributed by atoms with van der Waals surface area (Å²) in [6.07, 6.45) is 3.91. The molecule has 0 aliphatic rings. The van der Waals surface area contributed by atoms with E-state index in [2.05, 4.69) is 10.3 Å². The minimum Gasteiger partial charge on any atom is -0.345 e. The Labute approximate surface area is 146 Å². The number of hydrogen-bond donors (Lipinski definition) is 1. The van der Waals surface area contributed by atoms with Gasteiger partial charge in [-0.3, -0.25) is 19.4 Å². The molecular formula is C19H21N3O3. The van der Waals surface area contributed by atoms with Gasteiger partial charge < -0.3 is 10.2 Å². The van der Waals surface area contributed by atoms with E-state index in [9.17, 15) is 14.4 Å². The van der Waals surface area contributed by atoms with Crippen LogP contribution in [0.4, 0.5) is 5.69 Å². The maximum absolute atomic E-state index is 12.1. The first-order valence-corrected chi connectivity index (χ1v) is 7.99. The van der Waals surface area contributed by atoms with Crippen molar-refractivity contribution < 1.29 is 14.4 Å². The predicted molar refractivity (Wildman–Crippen MR) is 95.3 cm³/mol. The molecule has 0 saturated carbocycles. The summed E-state index contributed by atoms with van der Waals surface area (Å²) >= 11 is 0. The van der Waals surface area contributed by atoms with Gasteiger partial charge in [-0.1, -0.05) is 0 Å². The summed E-state index contributed by atoms with van der Waals surface area (Å²) in [7, 11) is 1.68. The van der Waals surface area contributed by atoms with Crippen LogP contribution in [0.5, 0.6) is 0 Å². The molecule has 6 heteroatoms. The predicted octanol–water partition coefficient (Wildman–Crippen LogP) is 2.31. The summed E-state index contributed by atoms with van der Waals surface area (Å²) in [6.45, 7) is 2.01. The third-order valence-corrected chi connectivity index (χ3v) is 3.80. The Kier molecular flexibility index (Phi) is 6.39. The van der Waals surface area contributed by atoms with Crippen LogP contribution in [-0.2, 0) is 16.0 Å². The van der Waals surface area contributed by atoms with Crippen LogP contribution in [-0.4, -0.2) is 41.1 Å². The van der Waals surface area contributed by atoms with E-state index in [-0.39, 0.29) is 24.0 Å². The van der Waals surface area contributed by atoms with Gasteiger partial charge in [0, 0.05) is 37.2 Å². The van der Waals surface area contributed by atoms with Crippen molar-refractivity contribution in [1.82, 2.24) is 9.88 Å². The number of likely N-dealkylation sites (N-methyl/N-ethyl adjacent to an activating group) is 1. The molecule has 6 nitrogen and oxygen atoms in total. The van der Waals surface area contributed by atoms with Gasteiger partial charge in [0.05, 0.1) is 0 Å². The smallest absolute Gasteiger partial charge is 0.233 e. The quantitative estimate of drug-likeness (QED) is 0.620. The Balaban J connectivity index is 1.80. The van der Waals surface area contributed by atoms with E-state index < -0.39 is 0 Å². The molecule has 1 aromatic heterocycles. The van der Waals surface area contributed by atoms with Crippen molar-refractivity contribution in [1.29, 1.82) is 0 Å². The number of rotatable bonds is 7. The molecule has 2 rings (SSSR count). The minimum absolute atomic E-state index is 0.0381. The van der Waals surface area contributed by atoms with Crippen molar-refractivity contribution in [3.05, 3.63) is 59.9 Å². The largest absolute Gasteiger partial charge is 0.345 e. The molecule has 0 atom stereocenters. The third-order valence-electron chi connectivity index (χ3n) is 3.80. The van der Waals surface area contributed by atoms with Gasteiger partial charge in [0.25, 0.3) is 0 Å². The summed E-state index contributed by atoms with van der Waals surface area (Å²) in [5.41, 5.74) is 2.22. The molecule has 1 N–H and O–H groups in total. The van der Waals surface area contributed by atoms with Crippen LogP contribution in [0.25, 0.3) is 0 Å². The number of nitrogens with one attached hydrogen (secondary N) is 1. The van der Waals surface area contributed by atoms with Gasteiger partial charge >= 0.3 is 0 Å². The number of benzene rings is 1. The van der Waals surface area contributed by atoms with E-state index in [1.807, 2.05) is 12.1 Å². The van der Waals surface area contributed by atoms with Crippen LogP contribution in [0.15, 0.2) is 48.8 Å². The summed E-state index contributed by atoms with van der Waals surface area (Å²) in [4.78, 5) is 40.8. The van der Waals surface area contributed by atoms with Gasteiger partial charge in [-0.05, 0) is 55.3 Å². The van der Waals surface area contributed by atoms with Crippen LogP contribution >= 0.6 is 0 Å². The van der Waals surface area contributed by atoms with Crippen molar-refractivity contribution in [2.45, 2.75) is 19.8 Å². The van der Waals surface area contributed by atoms with Crippen LogP contribution in [0.1, 0.15) is 29.3 Å². The van der Waals surface area contributed by atoms with E-state index in [1.54, 1.807) is 48.6 Å². The molecule has 0 spiro atoms.